The van der Waals surface area contributed by atoms with Gasteiger partial charge >= 0.3 is 0 Å². The zero-order valence-electron chi connectivity index (χ0n) is 15.7. The minimum absolute atomic E-state index is 0.0665. The van der Waals surface area contributed by atoms with Gasteiger partial charge in [0.2, 0.25) is 5.91 Å². The van der Waals surface area contributed by atoms with Crippen molar-refractivity contribution in [2.45, 2.75) is 6.42 Å². The molecular formula is C20H23N3O5. The van der Waals surface area contributed by atoms with Crippen LogP contribution in [0, 0.1) is 10.1 Å². The molecule has 8 nitrogen and oxygen atoms in total. The summed E-state index contributed by atoms with van der Waals surface area (Å²) in [6.07, 6.45) is 0.323. The Balaban J connectivity index is 1.42. The van der Waals surface area contributed by atoms with E-state index < -0.39 is 4.92 Å². The van der Waals surface area contributed by atoms with Gasteiger partial charge in [0.25, 0.3) is 5.69 Å². The minimum Gasteiger partial charge on any atom is -0.497 e. The SMILES string of the molecule is COc1ccc(OCCC(=O)N2CCN(c3ccc([N+](=O)[O-])cc3)CC2)cc1. The predicted molar refractivity (Wildman–Crippen MR) is 105 cm³/mol. The zero-order valence-corrected chi connectivity index (χ0v) is 15.7. The van der Waals surface area contributed by atoms with Crippen molar-refractivity contribution in [3.8, 4) is 11.5 Å². The van der Waals surface area contributed by atoms with Crippen LogP contribution in [0.3, 0.4) is 0 Å². The first kappa shape index (κ1) is 19.5. The van der Waals surface area contributed by atoms with E-state index in [0.29, 0.717) is 45.0 Å². The van der Waals surface area contributed by atoms with Crippen LogP contribution in [-0.4, -0.2) is 55.6 Å². The molecule has 8 heteroatoms. The van der Waals surface area contributed by atoms with E-state index in [2.05, 4.69) is 4.90 Å². The van der Waals surface area contributed by atoms with E-state index in [0.717, 1.165) is 11.4 Å². The molecule has 0 bridgehead atoms. The van der Waals surface area contributed by atoms with E-state index in [1.807, 2.05) is 29.2 Å². The van der Waals surface area contributed by atoms with Gasteiger partial charge in [0.05, 0.1) is 25.1 Å². The lowest BCUT2D eigenvalue weighted by Gasteiger charge is -2.36. The topological polar surface area (TPSA) is 85.2 Å². The Bertz CT molecular complexity index is 800. The second kappa shape index (κ2) is 9.07. The minimum atomic E-state index is -0.408. The maximum Gasteiger partial charge on any atom is 0.269 e. The number of nitro benzene ring substituents is 1. The Morgan fingerprint density at radius 1 is 1.00 bits per heavy atom. The standard InChI is InChI=1S/C20H23N3O5/c1-27-18-6-8-19(9-7-18)28-15-10-20(24)22-13-11-21(12-14-22)16-2-4-17(5-3-16)23(25)26/h2-9H,10-15H2,1H3. The Labute approximate surface area is 163 Å². The number of methoxy groups -OCH3 is 1. The summed E-state index contributed by atoms with van der Waals surface area (Å²) in [5, 5.41) is 10.7. The molecule has 3 rings (SSSR count). The molecule has 0 atom stereocenters. The maximum atomic E-state index is 12.4. The average Bonchev–Trinajstić information content (AvgIpc) is 2.74. The van der Waals surface area contributed by atoms with Gasteiger partial charge in [0.1, 0.15) is 11.5 Å². The van der Waals surface area contributed by atoms with Crippen molar-refractivity contribution in [3.63, 3.8) is 0 Å². The molecular weight excluding hydrogens is 362 g/mol. The summed E-state index contributed by atoms with van der Waals surface area (Å²) in [6.45, 7) is 2.97. The molecule has 1 amide bonds. The van der Waals surface area contributed by atoms with Gasteiger partial charge in [0.15, 0.2) is 0 Å². The van der Waals surface area contributed by atoms with E-state index in [-0.39, 0.29) is 11.6 Å². The third-order valence-corrected chi connectivity index (χ3v) is 4.70. The summed E-state index contributed by atoms with van der Waals surface area (Å²) < 4.78 is 10.7. The molecule has 0 aliphatic carbocycles. The molecule has 0 N–H and O–H groups in total. The van der Waals surface area contributed by atoms with Crippen LogP contribution in [0.1, 0.15) is 6.42 Å². The van der Waals surface area contributed by atoms with Crippen molar-refractivity contribution in [1.82, 2.24) is 4.90 Å². The summed E-state index contributed by atoms with van der Waals surface area (Å²) in [4.78, 5) is 26.7. The van der Waals surface area contributed by atoms with E-state index >= 15 is 0 Å². The lowest BCUT2D eigenvalue weighted by atomic mass is 10.2. The van der Waals surface area contributed by atoms with Crippen molar-refractivity contribution < 1.29 is 19.2 Å². The van der Waals surface area contributed by atoms with Gasteiger partial charge in [-0.15, -0.1) is 0 Å². The number of nitrogens with zero attached hydrogens (tertiary/aromatic N) is 3. The van der Waals surface area contributed by atoms with Crippen LogP contribution in [0.5, 0.6) is 11.5 Å². The first-order valence-corrected chi connectivity index (χ1v) is 9.11. The van der Waals surface area contributed by atoms with E-state index in [9.17, 15) is 14.9 Å². The fourth-order valence-corrected chi connectivity index (χ4v) is 3.09. The van der Waals surface area contributed by atoms with Crippen LogP contribution in [0.15, 0.2) is 48.5 Å². The number of piperazine rings is 1. The molecule has 2 aromatic rings. The smallest absolute Gasteiger partial charge is 0.269 e. The van der Waals surface area contributed by atoms with Crippen molar-refractivity contribution in [1.29, 1.82) is 0 Å². The lowest BCUT2D eigenvalue weighted by molar-refractivity contribution is -0.384. The van der Waals surface area contributed by atoms with Gasteiger partial charge in [-0.25, -0.2) is 0 Å². The van der Waals surface area contributed by atoms with Crippen LogP contribution in [0.4, 0.5) is 11.4 Å². The fraction of sp³-hybridized carbons (Fsp3) is 0.350. The lowest BCUT2D eigenvalue weighted by Crippen LogP contribution is -2.49. The Hall–Kier alpha value is -3.29. The summed E-state index contributed by atoms with van der Waals surface area (Å²) in [5.41, 5.74) is 1.01. The number of nitro groups is 1. The molecule has 1 fully saturated rings. The highest BCUT2D eigenvalue weighted by molar-refractivity contribution is 5.76. The van der Waals surface area contributed by atoms with E-state index in [1.165, 1.54) is 12.1 Å². The highest BCUT2D eigenvalue weighted by Crippen LogP contribution is 2.21. The summed E-state index contributed by atoms with van der Waals surface area (Å²) in [7, 11) is 1.61. The number of anilines is 1. The molecule has 0 spiro atoms. The number of carbonyl (C=O) groups excluding carboxylic acids is 1. The molecule has 148 valence electrons. The third kappa shape index (κ3) is 4.91. The van der Waals surface area contributed by atoms with Gasteiger partial charge < -0.3 is 19.3 Å². The van der Waals surface area contributed by atoms with Crippen LogP contribution >= 0.6 is 0 Å². The third-order valence-electron chi connectivity index (χ3n) is 4.70. The number of amides is 1. The first-order chi connectivity index (χ1) is 13.6. The van der Waals surface area contributed by atoms with Gasteiger partial charge in [-0.3, -0.25) is 14.9 Å². The molecule has 0 aromatic heterocycles. The Morgan fingerprint density at radius 2 is 1.61 bits per heavy atom. The number of rotatable bonds is 7. The van der Waals surface area contributed by atoms with Gasteiger partial charge in [-0.05, 0) is 36.4 Å². The van der Waals surface area contributed by atoms with Crippen LogP contribution in [-0.2, 0) is 4.79 Å². The van der Waals surface area contributed by atoms with Gasteiger partial charge in [-0.2, -0.15) is 0 Å². The number of hydrogen-bond donors (Lipinski definition) is 0. The van der Waals surface area contributed by atoms with Crippen LogP contribution < -0.4 is 14.4 Å². The Kier molecular flexibility index (Phi) is 6.31. The second-order valence-electron chi connectivity index (χ2n) is 6.42. The quantitative estimate of drug-likeness (QED) is 0.538. The van der Waals surface area contributed by atoms with Crippen LogP contribution in [0.2, 0.25) is 0 Å². The predicted octanol–water partition coefficient (Wildman–Crippen LogP) is 2.72. The largest absolute Gasteiger partial charge is 0.497 e. The molecule has 0 unspecified atom stereocenters. The molecule has 1 heterocycles. The molecule has 0 radical (unpaired) electrons. The molecule has 1 aliphatic heterocycles. The normalized spacial score (nSPS) is 13.9. The summed E-state index contributed by atoms with van der Waals surface area (Å²) in [5.74, 6) is 1.53. The highest BCUT2D eigenvalue weighted by atomic mass is 16.6. The van der Waals surface area contributed by atoms with E-state index in [1.54, 1.807) is 19.2 Å². The number of hydrogen-bond acceptors (Lipinski definition) is 6. The van der Waals surface area contributed by atoms with Crippen molar-refractivity contribution >= 4 is 17.3 Å². The van der Waals surface area contributed by atoms with Crippen molar-refractivity contribution in [3.05, 3.63) is 58.6 Å². The number of non-ortho nitro benzene ring substituents is 1. The fourth-order valence-electron chi connectivity index (χ4n) is 3.09. The summed E-state index contributed by atoms with van der Waals surface area (Å²) in [6, 6.07) is 13.8. The zero-order chi connectivity index (χ0) is 19.9. The molecule has 1 saturated heterocycles. The molecule has 1 aliphatic rings. The van der Waals surface area contributed by atoms with E-state index in [4.69, 9.17) is 9.47 Å². The highest BCUT2D eigenvalue weighted by Gasteiger charge is 2.21. The Morgan fingerprint density at radius 3 is 2.18 bits per heavy atom. The monoisotopic (exact) mass is 385 g/mol. The maximum absolute atomic E-state index is 12.4. The average molecular weight is 385 g/mol. The first-order valence-electron chi connectivity index (χ1n) is 9.11. The number of ether oxygens (including phenoxy) is 2. The molecule has 2 aromatic carbocycles. The van der Waals surface area contributed by atoms with Crippen molar-refractivity contribution in [2.75, 3.05) is 44.8 Å². The molecule has 28 heavy (non-hydrogen) atoms. The van der Waals surface area contributed by atoms with Gasteiger partial charge in [-0.1, -0.05) is 0 Å². The summed E-state index contributed by atoms with van der Waals surface area (Å²) >= 11 is 0. The van der Waals surface area contributed by atoms with Gasteiger partial charge in [0, 0.05) is 44.0 Å². The van der Waals surface area contributed by atoms with Crippen molar-refractivity contribution in [2.24, 2.45) is 0 Å². The molecule has 0 saturated carbocycles. The number of carbonyl (C=O) groups is 1. The van der Waals surface area contributed by atoms with Crippen LogP contribution in [0.25, 0.3) is 0 Å². The number of benzene rings is 2. The second-order valence-corrected chi connectivity index (χ2v) is 6.42.